The monoisotopic (exact) mass is 431 g/mol. The Balaban J connectivity index is 1.86. The number of hydrogen-bond acceptors (Lipinski definition) is 4. The van der Waals surface area contributed by atoms with E-state index in [2.05, 4.69) is 42.2 Å². The van der Waals surface area contributed by atoms with E-state index in [-0.39, 0.29) is 6.09 Å². The predicted octanol–water partition coefficient (Wildman–Crippen LogP) is 5.82. The number of carbonyl (C=O) groups excluding carboxylic acids is 1. The Kier molecular flexibility index (Phi) is 6.15. The van der Waals surface area contributed by atoms with Gasteiger partial charge < -0.3 is 14.5 Å². The van der Waals surface area contributed by atoms with E-state index in [0.717, 1.165) is 65.0 Å². The summed E-state index contributed by atoms with van der Waals surface area (Å²) in [6, 6.07) is 12.9. The summed E-state index contributed by atoms with van der Waals surface area (Å²) in [5.41, 5.74) is 6.97. The summed E-state index contributed by atoms with van der Waals surface area (Å²) in [6.45, 7) is 10.8. The van der Waals surface area contributed by atoms with Crippen LogP contribution in [0, 0.1) is 18.3 Å². The fraction of sp³-hybridized carbons (Fsp3) is 0.481. The van der Waals surface area contributed by atoms with Gasteiger partial charge in [0, 0.05) is 26.2 Å². The highest BCUT2D eigenvalue weighted by Crippen LogP contribution is 2.42. The average molecular weight is 432 g/mol. The molecule has 2 aromatic rings. The minimum Gasteiger partial charge on any atom is -0.444 e. The molecule has 2 heterocycles. The van der Waals surface area contributed by atoms with Gasteiger partial charge in [0.05, 0.1) is 11.3 Å². The number of benzene rings is 2. The van der Waals surface area contributed by atoms with Crippen LogP contribution in [0.15, 0.2) is 30.3 Å². The Labute approximate surface area is 191 Å². The smallest absolute Gasteiger partial charge is 0.410 e. The third-order valence-electron chi connectivity index (χ3n) is 6.41. The van der Waals surface area contributed by atoms with Crippen molar-refractivity contribution in [1.82, 2.24) is 4.90 Å². The molecule has 0 bridgehead atoms. The van der Waals surface area contributed by atoms with Crippen molar-refractivity contribution in [3.63, 3.8) is 0 Å². The van der Waals surface area contributed by atoms with Crippen LogP contribution in [0.4, 0.5) is 10.5 Å². The summed E-state index contributed by atoms with van der Waals surface area (Å²) < 4.78 is 5.66. The van der Waals surface area contributed by atoms with Crippen molar-refractivity contribution in [3.8, 4) is 17.2 Å². The molecular weight excluding hydrogens is 398 g/mol. The minimum atomic E-state index is -0.536. The first-order valence-corrected chi connectivity index (χ1v) is 11.7. The Morgan fingerprint density at radius 1 is 1.03 bits per heavy atom. The van der Waals surface area contributed by atoms with Gasteiger partial charge in [-0.1, -0.05) is 30.3 Å². The zero-order valence-corrected chi connectivity index (χ0v) is 19.7. The zero-order valence-electron chi connectivity index (χ0n) is 19.7. The molecule has 168 valence electrons. The van der Waals surface area contributed by atoms with Gasteiger partial charge in [0.15, 0.2) is 0 Å². The van der Waals surface area contributed by atoms with Gasteiger partial charge in [-0.3, -0.25) is 0 Å². The van der Waals surface area contributed by atoms with Gasteiger partial charge in [-0.25, -0.2) is 4.79 Å². The quantitative estimate of drug-likeness (QED) is 0.601. The van der Waals surface area contributed by atoms with Crippen molar-refractivity contribution in [2.75, 3.05) is 24.5 Å². The molecule has 4 rings (SSSR count). The van der Waals surface area contributed by atoms with Crippen molar-refractivity contribution in [2.45, 2.75) is 65.5 Å². The fourth-order valence-corrected chi connectivity index (χ4v) is 5.06. The molecule has 0 aliphatic carbocycles. The van der Waals surface area contributed by atoms with Gasteiger partial charge in [-0.15, -0.1) is 0 Å². The lowest BCUT2D eigenvalue weighted by Gasteiger charge is -2.37. The minimum absolute atomic E-state index is 0.293. The number of hydrogen-bond donors (Lipinski definition) is 0. The second kappa shape index (κ2) is 8.86. The molecule has 2 aliphatic rings. The fourth-order valence-electron chi connectivity index (χ4n) is 5.06. The van der Waals surface area contributed by atoms with Crippen LogP contribution in [0.1, 0.15) is 62.3 Å². The highest BCUT2D eigenvalue weighted by molar-refractivity contribution is 5.84. The summed E-state index contributed by atoms with van der Waals surface area (Å²) in [4.78, 5) is 17.0. The van der Waals surface area contributed by atoms with E-state index < -0.39 is 5.60 Å². The summed E-state index contributed by atoms with van der Waals surface area (Å²) in [5, 5.41) is 10.2. The number of carbonyl (C=O) groups is 1. The molecule has 1 amide bonds. The van der Waals surface area contributed by atoms with Crippen LogP contribution in [0.2, 0.25) is 0 Å². The first-order chi connectivity index (χ1) is 15.3. The molecule has 1 fully saturated rings. The Morgan fingerprint density at radius 3 is 2.34 bits per heavy atom. The van der Waals surface area contributed by atoms with Crippen LogP contribution < -0.4 is 4.90 Å². The number of piperidine rings is 1. The molecule has 0 spiro atoms. The number of fused-ring (bicyclic) bond motifs is 1. The van der Waals surface area contributed by atoms with Crippen molar-refractivity contribution in [1.29, 1.82) is 5.26 Å². The average Bonchev–Trinajstić information content (AvgIpc) is 2.78. The Morgan fingerprint density at radius 2 is 1.72 bits per heavy atom. The lowest BCUT2D eigenvalue weighted by Crippen LogP contribution is -2.40. The standard InChI is InChI=1S/C27H33N3O2/c1-19-24(20-11-7-5-8-12-20)23-18-30(26(31)32-27(2,3)4)16-13-21(23)22(17-28)25(19)29-14-9-6-10-15-29/h5,7-8,11-12H,6,9-10,13-16,18H2,1-4H3. The third kappa shape index (κ3) is 4.32. The number of nitriles is 1. The molecule has 0 aromatic heterocycles. The van der Waals surface area contributed by atoms with Crippen LogP contribution in [0.5, 0.6) is 0 Å². The molecule has 0 N–H and O–H groups in total. The van der Waals surface area contributed by atoms with Crippen LogP contribution in [-0.2, 0) is 17.7 Å². The van der Waals surface area contributed by atoms with Crippen molar-refractivity contribution < 1.29 is 9.53 Å². The third-order valence-corrected chi connectivity index (χ3v) is 6.41. The molecule has 2 aliphatic heterocycles. The highest BCUT2D eigenvalue weighted by Gasteiger charge is 2.32. The maximum absolute atomic E-state index is 12.9. The zero-order chi connectivity index (χ0) is 22.9. The van der Waals surface area contributed by atoms with Crippen molar-refractivity contribution in [2.24, 2.45) is 0 Å². The number of ether oxygens (including phenoxy) is 1. The van der Waals surface area contributed by atoms with Gasteiger partial charge in [0.25, 0.3) is 0 Å². The van der Waals surface area contributed by atoms with E-state index >= 15 is 0 Å². The molecule has 5 heteroatoms. The topological polar surface area (TPSA) is 56.6 Å². The lowest BCUT2D eigenvalue weighted by molar-refractivity contribution is 0.0224. The highest BCUT2D eigenvalue weighted by atomic mass is 16.6. The van der Waals surface area contributed by atoms with Crippen molar-refractivity contribution >= 4 is 11.8 Å². The second-order valence-electron chi connectivity index (χ2n) is 9.86. The number of amides is 1. The number of rotatable bonds is 2. The maximum atomic E-state index is 12.9. The van der Waals surface area contributed by atoms with Gasteiger partial charge in [-0.05, 0) is 81.2 Å². The molecule has 1 saturated heterocycles. The van der Waals surface area contributed by atoms with Crippen molar-refractivity contribution in [3.05, 3.63) is 52.6 Å². The summed E-state index contributed by atoms with van der Waals surface area (Å²) in [6.07, 6.45) is 3.94. The van der Waals surface area contributed by atoms with Crippen LogP contribution in [0.3, 0.4) is 0 Å². The molecule has 32 heavy (non-hydrogen) atoms. The maximum Gasteiger partial charge on any atom is 0.410 e. The van der Waals surface area contributed by atoms with Gasteiger partial charge in [0.2, 0.25) is 0 Å². The van der Waals surface area contributed by atoms with E-state index in [9.17, 15) is 10.1 Å². The first-order valence-electron chi connectivity index (χ1n) is 11.7. The molecule has 0 atom stereocenters. The van der Waals surface area contributed by atoms with Crippen LogP contribution >= 0.6 is 0 Å². The van der Waals surface area contributed by atoms with Gasteiger partial charge in [-0.2, -0.15) is 5.26 Å². The van der Waals surface area contributed by atoms with E-state index in [0.29, 0.717) is 19.5 Å². The van der Waals surface area contributed by atoms with Gasteiger partial charge >= 0.3 is 6.09 Å². The van der Waals surface area contributed by atoms with E-state index in [1.165, 1.54) is 6.42 Å². The second-order valence-corrected chi connectivity index (χ2v) is 9.86. The van der Waals surface area contributed by atoms with E-state index in [4.69, 9.17) is 4.74 Å². The molecule has 5 nitrogen and oxygen atoms in total. The molecule has 2 aromatic carbocycles. The number of anilines is 1. The molecule has 0 unspecified atom stereocenters. The lowest BCUT2D eigenvalue weighted by atomic mass is 9.83. The van der Waals surface area contributed by atoms with Gasteiger partial charge in [0.1, 0.15) is 11.7 Å². The Hall–Kier alpha value is -3.00. The normalized spacial score (nSPS) is 16.3. The van der Waals surface area contributed by atoms with E-state index in [1.807, 2.05) is 26.8 Å². The summed E-state index contributed by atoms with van der Waals surface area (Å²) in [7, 11) is 0. The Bertz CT molecular complexity index is 1040. The number of nitrogens with zero attached hydrogens (tertiary/aromatic N) is 3. The summed E-state index contributed by atoms with van der Waals surface area (Å²) in [5.74, 6) is 0. The first kappa shape index (κ1) is 22.2. The molecule has 0 saturated carbocycles. The summed E-state index contributed by atoms with van der Waals surface area (Å²) >= 11 is 0. The van der Waals surface area contributed by atoms with Crippen LogP contribution in [-0.4, -0.2) is 36.2 Å². The molecular formula is C27H33N3O2. The molecule has 0 radical (unpaired) electrons. The predicted molar refractivity (Wildman–Crippen MR) is 128 cm³/mol. The SMILES string of the molecule is Cc1c(-c2ccccc2)c2c(c(C#N)c1N1CCCCC1)CCN(C(=O)OC(C)(C)C)C2. The van der Waals surface area contributed by atoms with E-state index in [1.54, 1.807) is 4.90 Å². The van der Waals surface area contributed by atoms with Crippen LogP contribution in [0.25, 0.3) is 11.1 Å². The largest absolute Gasteiger partial charge is 0.444 e.